The van der Waals surface area contributed by atoms with E-state index in [0.717, 1.165) is 51.0 Å². The second kappa shape index (κ2) is 28.8. The van der Waals surface area contributed by atoms with Crippen molar-refractivity contribution in [1.82, 2.24) is 0 Å². The number of hydrogen-bond donors (Lipinski definition) is 3. The van der Waals surface area contributed by atoms with Gasteiger partial charge in [0.1, 0.15) is 6.10 Å². The highest BCUT2D eigenvalue weighted by Gasteiger charge is 2.69. The van der Waals surface area contributed by atoms with Crippen molar-refractivity contribution in [3.8, 4) is 0 Å². The van der Waals surface area contributed by atoms with Crippen molar-refractivity contribution in [2.75, 3.05) is 0 Å². The third kappa shape index (κ3) is 17.2. The van der Waals surface area contributed by atoms with Crippen LogP contribution in [0, 0.1) is 0 Å². The molecule has 0 spiro atoms. The lowest BCUT2D eigenvalue weighted by atomic mass is 9.72. The molecule has 290 valence electrons. The lowest BCUT2D eigenvalue weighted by Crippen LogP contribution is -2.70. The van der Waals surface area contributed by atoms with Gasteiger partial charge in [-0.15, -0.1) is 0 Å². The normalized spacial score (nSPS) is 16.3. The number of carbonyl (C=O) groups excluding carboxylic acids is 4. The molecule has 50 heavy (non-hydrogen) atoms. The zero-order chi connectivity index (χ0) is 36.9. The summed E-state index contributed by atoms with van der Waals surface area (Å²) in [5.74, 6) is -4.71. The van der Waals surface area contributed by atoms with E-state index in [9.17, 15) is 34.5 Å². The van der Waals surface area contributed by atoms with E-state index in [1.807, 2.05) is 0 Å². The molecule has 0 aliphatic heterocycles. The maximum absolute atomic E-state index is 13.4. The molecule has 0 heterocycles. The minimum atomic E-state index is -3.33. The number of carbonyl (C=O) groups is 4. The highest BCUT2D eigenvalue weighted by atomic mass is 16.4. The van der Waals surface area contributed by atoms with E-state index in [0.29, 0.717) is 12.8 Å². The van der Waals surface area contributed by atoms with Gasteiger partial charge in [0.05, 0.1) is 0 Å². The van der Waals surface area contributed by atoms with Crippen molar-refractivity contribution in [1.29, 1.82) is 0 Å². The Bertz CT molecular complexity index is 941. The van der Waals surface area contributed by atoms with Crippen LogP contribution in [0.1, 0.15) is 219 Å². The van der Waals surface area contributed by atoms with Crippen LogP contribution in [0.4, 0.5) is 0 Å². The summed E-state index contributed by atoms with van der Waals surface area (Å²) in [6, 6.07) is 0. The van der Waals surface area contributed by atoms with Gasteiger partial charge < -0.3 is 15.3 Å². The van der Waals surface area contributed by atoms with Crippen LogP contribution in [0.5, 0.6) is 0 Å². The van der Waals surface area contributed by atoms with Gasteiger partial charge in [-0.05, 0) is 25.3 Å². The molecule has 0 amide bonds. The molecule has 0 aromatic carbocycles. The third-order valence-electron chi connectivity index (χ3n) is 10.8. The summed E-state index contributed by atoms with van der Waals surface area (Å²) in [6.45, 7) is 4.48. The van der Waals surface area contributed by atoms with E-state index in [1.54, 1.807) is 0 Å². The number of unbranched alkanes of at least 4 members (excludes halogenated alkanes) is 27. The van der Waals surface area contributed by atoms with Crippen molar-refractivity contribution < 1.29 is 34.5 Å². The van der Waals surface area contributed by atoms with Crippen molar-refractivity contribution in [3.63, 3.8) is 0 Å². The third-order valence-corrected chi connectivity index (χ3v) is 10.8. The predicted molar refractivity (Wildman–Crippen MR) is 204 cm³/mol. The van der Waals surface area contributed by atoms with E-state index >= 15 is 0 Å². The first-order chi connectivity index (χ1) is 24.2. The fraction of sp³-hybridized carbons (Fsp3) is 0.860. The minimum Gasteiger partial charge on any atom is -0.385 e. The number of aliphatic hydroxyl groups excluding tert-OH is 1. The molecule has 0 bridgehead atoms. The van der Waals surface area contributed by atoms with Gasteiger partial charge in [0.15, 0.2) is 17.3 Å². The van der Waals surface area contributed by atoms with Gasteiger partial charge >= 0.3 is 0 Å². The molecule has 1 aliphatic carbocycles. The molecule has 0 saturated heterocycles. The van der Waals surface area contributed by atoms with E-state index < -0.39 is 40.4 Å². The number of rotatable bonds is 35. The summed E-state index contributed by atoms with van der Waals surface area (Å²) in [5.41, 5.74) is -6.50. The Hall–Kier alpha value is -1.70. The highest BCUT2D eigenvalue weighted by molar-refractivity contribution is 6.30. The zero-order valence-corrected chi connectivity index (χ0v) is 32.3. The SMILES string of the molecule is CCCCCCCCCCCCCCCCCC=CC(=O)C(O)(C(=O)C(O)CCCCCCCCCCCCCCC)C1(O)C(=O)CCC1=O. The van der Waals surface area contributed by atoms with Gasteiger partial charge in [0.2, 0.25) is 17.0 Å². The van der Waals surface area contributed by atoms with Crippen LogP contribution in [0.2, 0.25) is 0 Å². The molecule has 2 atom stereocenters. The number of aliphatic hydroxyl groups is 3. The Morgan fingerprint density at radius 1 is 0.600 bits per heavy atom. The second-order valence-corrected chi connectivity index (χ2v) is 15.2. The van der Waals surface area contributed by atoms with E-state index in [2.05, 4.69) is 13.8 Å². The van der Waals surface area contributed by atoms with Crippen LogP contribution in [-0.4, -0.2) is 55.8 Å². The average molecular weight is 705 g/mol. The van der Waals surface area contributed by atoms with Crippen LogP contribution in [0.15, 0.2) is 12.2 Å². The summed E-state index contributed by atoms with van der Waals surface area (Å²) in [6.07, 6.45) is 33.9. The first kappa shape index (κ1) is 46.3. The molecule has 0 radical (unpaired) electrons. The summed E-state index contributed by atoms with van der Waals surface area (Å²) in [7, 11) is 0. The molecule has 0 aromatic heterocycles. The minimum absolute atomic E-state index is 0.0204. The van der Waals surface area contributed by atoms with Crippen molar-refractivity contribution in [2.24, 2.45) is 0 Å². The lowest BCUT2D eigenvalue weighted by molar-refractivity contribution is -0.188. The summed E-state index contributed by atoms with van der Waals surface area (Å²) < 4.78 is 0. The Morgan fingerprint density at radius 2 is 0.920 bits per heavy atom. The molecular weight excluding hydrogens is 628 g/mol. The Labute approximate surface area is 305 Å². The van der Waals surface area contributed by atoms with Gasteiger partial charge in [0.25, 0.3) is 0 Å². The van der Waals surface area contributed by atoms with Crippen LogP contribution < -0.4 is 0 Å². The van der Waals surface area contributed by atoms with E-state index in [1.165, 1.54) is 134 Å². The monoisotopic (exact) mass is 705 g/mol. The molecule has 1 aliphatic rings. The fourth-order valence-corrected chi connectivity index (χ4v) is 7.30. The van der Waals surface area contributed by atoms with Gasteiger partial charge in [-0.2, -0.15) is 0 Å². The lowest BCUT2D eigenvalue weighted by Gasteiger charge is -2.36. The molecule has 0 aromatic rings. The van der Waals surface area contributed by atoms with Gasteiger partial charge in [-0.1, -0.05) is 193 Å². The standard InChI is InChI=1S/C43H76O7/c1-3-5-7-9-11-13-15-17-18-19-20-22-24-26-28-30-32-34-38(45)43(50,42(49)39(46)35-36-40(42)47)41(48)37(44)33-31-29-27-25-23-21-16-14-12-10-8-6-4-2/h32,34,37,44,49-50H,3-31,33,35-36H2,1-2H3. The topological polar surface area (TPSA) is 129 Å². The Morgan fingerprint density at radius 3 is 1.28 bits per heavy atom. The van der Waals surface area contributed by atoms with Gasteiger partial charge in [-0.3, -0.25) is 19.2 Å². The van der Waals surface area contributed by atoms with E-state index in [4.69, 9.17) is 0 Å². The Balaban J connectivity index is 2.41. The van der Waals surface area contributed by atoms with Crippen LogP contribution in [0.3, 0.4) is 0 Å². The maximum atomic E-state index is 13.4. The molecule has 1 fully saturated rings. The van der Waals surface area contributed by atoms with Crippen molar-refractivity contribution in [3.05, 3.63) is 12.2 Å². The van der Waals surface area contributed by atoms with Crippen molar-refractivity contribution in [2.45, 2.75) is 237 Å². The van der Waals surface area contributed by atoms with Gasteiger partial charge in [0, 0.05) is 12.8 Å². The number of Topliss-reactive ketones (excluding diaryl/α,β-unsaturated/α-hetero) is 3. The predicted octanol–water partition coefficient (Wildman–Crippen LogP) is 10.2. The van der Waals surface area contributed by atoms with Crippen LogP contribution >= 0.6 is 0 Å². The van der Waals surface area contributed by atoms with Crippen molar-refractivity contribution >= 4 is 23.1 Å². The first-order valence-corrected chi connectivity index (χ1v) is 21.1. The molecule has 2 unspecified atom stereocenters. The van der Waals surface area contributed by atoms with E-state index in [-0.39, 0.29) is 19.3 Å². The quantitative estimate of drug-likeness (QED) is 0.0340. The number of hydrogen-bond acceptors (Lipinski definition) is 7. The highest BCUT2D eigenvalue weighted by Crippen LogP contribution is 2.36. The number of ketones is 4. The Kier molecular flexibility index (Phi) is 26.7. The maximum Gasteiger partial charge on any atom is 0.231 e. The molecule has 1 saturated carbocycles. The first-order valence-electron chi connectivity index (χ1n) is 21.1. The zero-order valence-electron chi connectivity index (χ0n) is 32.3. The number of allylic oxidation sites excluding steroid dienone is 1. The molecule has 3 N–H and O–H groups in total. The van der Waals surface area contributed by atoms with Gasteiger partial charge in [-0.25, -0.2) is 0 Å². The smallest absolute Gasteiger partial charge is 0.231 e. The molecular formula is C43H76O7. The van der Waals surface area contributed by atoms with Crippen LogP contribution in [-0.2, 0) is 19.2 Å². The fourth-order valence-electron chi connectivity index (χ4n) is 7.30. The second-order valence-electron chi connectivity index (χ2n) is 15.2. The average Bonchev–Trinajstić information content (AvgIpc) is 3.38. The summed E-state index contributed by atoms with van der Waals surface area (Å²) in [4.78, 5) is 52.0. The summed E-state index contributed by atoms with van der Waals surface area (Å²) in [5, 5.41) is 33.3. The molecule has 7 nitrogen and oxygen atoms in total. The largest absolute Gasteiger partial charge is 0.385 e. The molecule has 7 heteroatoms. The molecule has 1 rings (SSSR count). The van der Waals surface area contributed by atoms with Crippen LogP contribution in [0.25, 0.3) is 0 Å². The summed E-state index contributed by atoms with van der Waals surface area (Å²) >= 11 is 0.